The standard InChI is InChI=1S/C10H9ClN2O2/c11-6-9-12-10(15-13-9)7-14-8-4-2-1-3-5-8/h1-5H,6-7H2. The van der Waals surface area contributed by atoms with Gasteiger partial charge in [-0.15, -0.1) is 11.6 Å². The van der Waals surface area contributed by atoms with Crippen LogP contribution < -0.4 is 4.74 Å². The van der Waals surface area contributed by atoms with Crippen LogP contribution in [-0.4, -0.2) is 10.1 Å². The zero-order valence-electron chi connectivity index (χ0n) is 7.89. The summed E-state index contributed by atoms with van der Waals surface area (Å²) in [5.41, 5.74) is 0. The smallest absolute Gasteiger partial charge is 0.264 e. The van der Waals surface area contributed by atoms with E-state index in [4.69, 9.17) is 20.9 Å². The molecule has 0 aliphatic rings. The third kappa shape index (κ3) is 2.70. The second-order valence-electron chi connectivity index (χ2n) is 2.84. The van der Waals surface area contributed by atoms with Crippen LogP contribution in [0.5, 0.6) is 5.75 Å². The molecule has 0 unspecified atom stereocenters. The summed E-state index contributed by atoms with van der Waals surface area (Å²) in [6, 6.07) is 9.43. The van der Waals surface area contributed by atoms with Crippen LogP contribution in [0.15, 0.2) is 34.9 Å². The van der Waals surface area contributed by atoms with E-state index in [0.29, 0.717) is 11.7 Å². The first-order valence-electron chi connectivity index (χ1n) is 4.44. The van der Waals surface area contributed by atoms with E-state index < -0.39 is 0 Å². The van der Waals surface area contributed by atoms with Crippen LogP contribution in [0.1, 0.15) is 11.7 Å². The van der Waals surface area contributed by atoms with Gasteiger partial charge in [-0.1, -0.05) is 23.4 Å². The Morgan fingerprint density at radius 1 is 1.27 bits per heavy atom. The van der Waals surface area contributed by atoms with Crippen molar-refractivity contribution in [1.82, 2.24) is 10.1 Å². The summed E-state index contributed by atoms with van der Waals surface area (Å²) in [6.07, 6.45) is 0. The van der Waals surface area contributed by atoms with Gasteiger partial charge in [0.2, 0.25) is 0 Å². The lowest BCUT2D eigenvalue weighted by molar-refractivity contribution is 0.242. The van der Waals surface area contributed by atoms with Crippen LogP contribution in [-0.2, 0) is 12.5 Å². The number of benzene rings is 1. The highest BCUT2D eigenvalue weighted by molar-refractivity contribution is 6.16. The Labute approximate surface area is 91.8 Å². The Balaban J connectivity index is 1.93. The summed E-state index contributed by atoms with van der Waals surface area (Å²) < 4.78 is 10.3. The van der Waals surface area contributed by atoms with Gasteiger partial charge in [-0.25, -0.2) is 0 Å². The molecule has 0 fully saturated rings. The summed E-state index contributed by atoms with van der Waals surface area (Å²) >= 11 is 5.53. The molecule has 0 aliphatic heterocycles. The van der Waals surface area contributed by atoms with Crippen molar-refractivity contribution in [3.8, 4) is 5.75 Å². The topological polar surface area (TPSA) is 48.2 Å². The lowest BCUT2D eigenvalue weighted by atomic mass is 10.3. The van der Waals surface area contributed by atoms with Crippen molar-refractivity contribution in [3.05, 3.63) is 42.0 Å². The quantitative estimate of drug-likeness (QED) is 0.749. The van der Waals surface area contributed by atoms with Gasteiger partial charge in [-0.05, 0) is 12.1 Å². The number of ether oxygens (including phenoxy) is 1. The Morgan fingerprint density at radius 2 is 2.07 bits per heavy atom. The SMILES string of the molecule is ClCc1noc(COc2ccccc2)n1. The molecular weight excluding hydrogens is 216 g/mol. The largest absolute Gasteiger partial charge is 0.484 e. The summed E-state index contributed by atoms with van der Waals surface area (Å²) in [5, 5.41) is 3.65. The number of halogens is 1. The van der Waals surface area contributed by atoms with E-state index in [1.54, 1.807) is 0 Å². The van der Waals surface area contributed by atoms with Crippen molar-refractivity contribution in [3.63, 3.8) is 0 Å². The molecule has 0 aliphatic carbocycles. The predicted molar refractivity (Wildman–Crippen MR) is 54.6 cm³/mol. The summed E-state index contributed by atoms with van der Waals surface area (Å²) in [7, 11) is 0. The molecule has 0 amide bonds. The number of hydrogen-bond acceptors (Lipinski definition) is 4. The van der Waals surface area contributed by atoms with Gasteiger partial charge in [-0.3, -0.25) is 0 Å². The Hall–Kier alpha value is -1.55. The van der Waals surface area contributed by atoms with Crippen molar-refractivity contribution in [1.29, 1.82) is 0 Å². The second kappa shape index (κ2) is 4.79. The molecule has 0 atom stereocenters. The van der Waals surface area contributed by atoms with Crippen LogP contribution >= 0.6 is 11.6 Å². The van der Waals surface area contributed by atoms with Gasteiger partial charge in [0, 0.05) is 0 Å². The maximum Gasteiger partial charge on any atom is 0.264 e. The first kappa shape index (κ1) is 9.98. The van der Waals surface area contributed by atoms with Crippen LogP contribution in [0.4, 0.5) is 0 Å². The number of aromatic nitrogens is 2. The van der Waals surface area contributed by atoms with Crippen LogP contribution in [0.3, 0.4) is 0 Å². The fraction of sp³-hybridized carbons (Fsp3) is 0.200. The number of alkyl halides is 1. The number of para-hydroxylation sites is 1. The highest BCUT2D eigenvalue weighted by Crippen LogP contribution is 2.10. The van der Waals surface area contributed by atoms with E-state index in [1.807, 2.05) is 30.3 Å². The molecule has 0 N–H and O–H groups in total. The number of rotatable bonds is 4. The maximum atomic E-state index is 5.53. The third-order valence-corrected chi connectivity index (χ3v) is 1.97. The summed E-state index contributed by atoms with van der Waals surface area (Å²) in [5.74, 6) is 1.91. The first-order valence-corrected chi connectivity index (χ1v) is 4.97. The molecule has 1 aromatic heterocycles. The van der Waals surface area contributed by atoms with Crippen LogP contribution in [0.2, 0.25) is 0 Å². The lowest BCUT2D eigenvalue weighted by Crippen LogP contribution is -1.95. The number of nitrogens with zero attached hydrogens (tertiary/aromatic N) is 2. The second-order valence-corrected chi connectivity index (χ2v) is 3.11. The van der Waals surface area contributed by atoms with Crippen LogP contribution in [0.25, 0.3) is 0 Å². The van der Waals surface area contributed by atoms with Gasteiger partial charge in [0.15, 0.2) is 12.4 Å². The van der Waals surface area contributed by atoms with Crippen LogP contribution in [0, 0.1) is 0 Å². The van der Waals surface area contributed by atoms with E-state index in [-0.39, 0.29) is 12.5 Å². The highest BCUT2D eigenvalue weighted by Gasteiger charge is 2.05. The predicted octanol–water partition coefficient (Wildman–Crippen LogP) is 2.39. The van der Waals surface area contributed by atoms with E-state index >= 15 is 0 Å². The van der Waals surface area contributed by atoms with E-state index in [2.05, 4.69) is 10.1 Å². The molecule has 5 heteroatoms. The minimum absolute atomic E-state index is 0.245. The molecule has 2 aromatic rings. The Kier molecular flexibility index (Phi) is 3.19. The van der Waals surface area contributed by atoms with Crippen molar-refractivity contribution in [2.75, 3.05) is 0 Å². The van der Waals surface area contributed by atoms with Crippen molar-refractivity contribution in [2.24, 2.45) is 0 Å². The lowest BCUT2D eigenvalue weighted by Gasteiger charge is -2.00. The molecule has 1 heterocycles. The molecule has 4 nitrogen and oxygen atoms in total. The molecule has 0 spiro atoms. The minimum atomic E-state index is 0.245. The zero-order chi connectivity index (χ0) is 10.5. The monoisotopic (exact) mass is 224 g/mol. The molecule has 0 bridgehead atoms. The maximum absolute atomic E-state index is 5.53. The van der Waals surface area contributed by atoms with E-state index in [0.717, 1.165) is 5.75 Å². The number of hydrogen-bond donors (Lipinski definition) is 0. The van der Waals surface area contributed by atoms with Gasteiger partial charge in [0.1, 0.15) is 5.75 Å². The average molecular weight is 225 g/mol. The van der Waals surface area contributed by atoms with Gasteiger partial charge >= 0.3 is 0 Å². The molecular formula is C10H9ClN2O2. The molecule has 0 saturated heterocycles. The molecule has 1 aromatic carbocycles. The molecule has 0 radical (unpaired) electrons. The zero-order valence-corrected chi connectivity index (χ0v) is 8.65. The van der Waals surface area contributed by atoms with Crippen molar-refractivity contribution in [2.45, 2.75) is 12.5 Å². The Bertz CT molecular complexity index is 416. The van der Waals surface area contributed by atoms with Gasteiger partial charge < -0.3 is 9.26 Å². The van der Waals surface area contributed by atoms with E-state index in [1.165, 1.54) is 0 Å². The fourth-order valence-electron chi connectivity index (χ4n) is 1.06. The molecule has 78 valence electrons. The molecule has 15 heavy (non-hydrogen) atoms. The summed E-state index contributed by atoms with van der Waals surface area (Å²) in [4.78, 5) is 4.01. The third-order valence-electron chi connectivity index (χ3n) is 1.74. The highest BCUT2D eigenvalue weighted by atomic mass is 35.5. The van der Waals surface area contributed by atoms with Crippen molar-refractivity contribution < 1.29 is 9.26 Å². The normalized spacial score (nSPS) is 10.2. The van der Waals surface area contributed by atoms with Crippen molar-refractivity contribution >= 4 is 11.6 Å². The van der Waals surface area contributed by atoms with Gasteiger partial charge in [0.05, 0.1) is 5.88 Å². The fourth-order valence-corrected chi connectivity index (χ4v) is 1.17. The minimum Gasteiger partial charge on any atom is -0.484 e. The molecule has 2 rings (SSSR count). The first-order chi connectivity index (χ1) is 7.38. The Morgan fingerprint density at radius 3 is 2.73 bits per heavy atom. The molecule has 0 saturated carbocycles. The van der Waals surface area contributed by atoms with Gasteiger partial charge in [-0.2, -0.15) is 4.98 Å². The summed E-state index contributed by atoms with van der Waals surface area (Å²) in [6.45, 7) is 0.258. The van der Waals surface area contributed by atoms with E-state index in [9.17, 15) is 0 Å². The average Bonchev–Trinajstić information content (AvgIpc) is 2.76. The van der Waals surface area contributed by atoms with Gasteiger partial charge in [0.25, 0.3) is 5.89 Å².